The Morgan fingerprint density at radius 1 is 1.67 bits per heavy atom. The number of hydrogen-bond acceptors (Lipinski definition) is 2. The van der Waals surface area contributed by atoms with E-state index in [1.54, 1.807) is 13.0 Å². The molecular weight excluding hydrogens is 152 g/mol. The fourth-order valence-electron chi connectivity index (χ4n) is 0.750. The SMILES string of the molecule is C=CC(OCC(=C)C)C(C)C=O. The zero-order valence-electron chi connectivity index (χ0n) is 7.75. The van der Waals surface area contributed by atoms with E-state index in [0.29, 0.717) is 6.61 Å². The van der Waals surface area contributed by atoms with Gasteiger partial charge in [0.15, 0.2) is 0 Å². The van der Waals surface area contributed by atoms with E-state index in [1.165, 1.54) is 0 Å². The van der Waals surface area contributed by atoms with Gasteiger partial charge < -0.3 is 9.53 Å². The second kappa shape index (κ2) is 5.72. The van der Waals surface area contributed by atoms with Gasteiger partial charge in [-0.05, 0) is 6.92 Å². The molecule has 0 spiro atoms. The molecule has 12 heavy (non-hydrogen) atoms. The summed E-state index contributed by atoms with van der Waals surface area (Å²) in [7, 11) is 0. The van der Waals surface area contributed by atoms with E-state index in [0.717, 1.165) is 11.9 Å². The van der Waals surface area contributed by atoms with Gasteiger partial charge in [-0.15, -0.1) is 6.58 Å². The number of aldehydes is 1. The van der Waals surface area contributed by atoms with Crippen LogP contribution in [-0.4, -0.2) is 19.0 Å². The van der Waals surface area contributed by atoms with Gasteiger partial charge in [-0.1, -0.05) is 25.2 Å². The maximum atomic E-state index is 10.4. The summed E-state index contributed by atoms with van der Waals surface area (Å²) < 4.78 is 5.36. The summed E-state index contributed by atoms with van der Waals surface area (Å²) in [6, 6.07) is 0. The third-order valence-electron chi connectivity index (χ3n) is 1.49. The fraction of sp³-hybridized carbons (Fsp3) is 0.500. The van der Waals surface area contributed by atoms with Crippen LogP contribution in [0.3, 0.4) is 0 Å². The van der Waals surface area contributed by atoms with Crippen molar-refractivity contribution >= 4 is 6.29 Å². The van der Waals surface area contributed by atoms with Crippen molar-refractivity contribution in [3.63, 3.8) is 0 Å². The average Bonchev–Trinajstić information content (AvgIpc) is 2.04. The summed E-state index contributed by atoms with van der Waals surface area (Å²) >= 11 is 0. The third-order valence-corrected chi connectivity index (χ3v) is 1.49. The summed E-state index contributed by atoms with van der Waals surface area (Å²) in [5, 5.41) is 0. The Bertz CT molecular complexity index is 173. The predicted octanol–water partition coefficient (Wildman–Crippen LogP) is 1.97. The first kappa shape index (κ1) is 11.1. The van der Waals surface area contributed by atoms with Crippen LogP contribution in [-0.2, 0) is 9.53 Å². The Hall–Kier alpha value is -0.890. The van der Waals surface area contributed by atoms with Crippen LogP contribution in [0.2, 0.25) is 0 Å². The molecule has 0 aromatic heterocycles. The topological polar surface area (TPSA) is 26.3 Å². The Labute approximate surface area is 73.9 Å². The molecule has 0 rings (SSSR count). The van der Waals surface area contributed by atoms with E-state index in [-0.39, 0.29) is 12.0 Å². The van der Waals surface area contributed by atoms with Gasteiger partial charge in [-0.2, -0.15) is 0 Å². The molecule has 0 saturated carbocycles. The molecule has 0 heterocycles. The normalized spacial score (nSPS) is 14.8. The smallest absolute Gasteiger partial charge is 0.125 e. The molecule has 0 saturated heterocycles. The Morgan fingerprint density at radius 2 is 2.25 bits per heavy atom. The summed E-state index contributed by atoms with van der Waals surface area (Å²) in [5.41, 5.74) is 0.944. The van der Waals surface area contributed by atoms with Crippen LogP contribution < -0.4 is 0 Å². The lowest BCUT2D eigenvalue weighted by Crippen LogP contribution is -2.21. The van der Waals surface area contributed by atoms with Crippen molar-refractivity contribution in [2.24, 2.45) is 5.92 Å². The predicted molar refractivity (Wildman–Crippen MR) is 50.0 cm³/mol. The van der Waals surface area contributed by atoms with Crippen LogP contribution in [0.15, 0.2) is 24.8 Å². The lowest BCUT2D eigenvalue weighted by Gasteiger charge is -2.16. The highest BCUT2D eigenvalue weighted by molar-refractivity contribution is 5.54. The number of rotatable bonds is 6. The summed E-state index contributed by atoms with van der Waals surface area (Å²) in [4.78, 5) is 10.4. The molecule has 2 unspecified atom stereocenters. The molecule has 0 aliphatic rings. The Kier molecular flexibility index (Phi) is 5.30. The Morgan fingerprint density at radius 3 is 2.58 bits per heavy atom. The van der Waals surface area contributed by atoms with Crippen LogP contribution in [0.25, 0.3) is 0 Å². The zero-order chi connectivity index (χ0) is 9.56. The van der Waals surface area contributed by atoms with Gasteiger partial charge in [0.05, 0.1) is 12.7 Å². The van der Waals surface area contributed by atoms with Crippen LogP contribution in [0.1, 0.15) is 13.8 Å². The molecule has 0 N–H and O–H groups in total. The minimum absolute atomic E-state index is 0.137. The fourth-order valence-corrected chi connectivity index (χ4v) is 0.750. The molecule has 0 fully saturated rings. The lowest BCUT2D eigenvalue weighted by molar-refractivity contribution is -0.113. The van der Waals surface area contributed by atoms with Crippen LogP contribution in [0.5, 0.6) is 0 Å². The maximum absolute atomic E-state index is 10.4. The molecule has 0 radical (unpaired) electrons. The molecule has 0 amide bonds. The average molecular weight is 168 g/mol. The van der Waals surface area contributed by atoms with Crippen molar-refractivity contribution in [1.29, 1.82) is 0 Å². The van der Waals surface area contributed by atoms with Gasteiger partial charge in [-0.3, -0.25) is 0 Å². The zero-order valence-corrected chi connectivity index (χ0v) is 7.75. The van der Waals surface area contributed by atoms with Gasteiger partial charge in [0.25, 0.3) is 0 Å². The standard InChI is InChI=1S/C10H16O2/c1-5-10(9(4)6-11)12-7-8(2)3/h5-6,9-10H,1-2,7H2,3-4H3. The quantitative estimate of drug-likeness (QED) is 0.447. The van der Waals surface area contributed by atoms with Crippen molar-refractivity contribution in [1.82, 2.24) is 0 Å². The molecule has 0 aliphatic heterocycles. The molecule has 0 aromatic rings. The van der Waals surface area contributed by atoms with Gasteiger partial charge in [0, 0.05) is 5.92 Å². The van der Waals surface area contributed by atoms with Gasteiger partial charge in [0.2, 0.25) is 0 Å². The maximum Gasteiger partial charge on any atom is 0.125 e. The molecule has 2 nitrogen and oxygen atoms in total. The summed E-state index contributed by atoms with van der Waals surface area (Å²) in [5.74, 6) is -0.137. The van der Waals surface area contributed by atoms with Gasteiger partial charge in [0.1, 0.15) is 6.29 Å². The highest BCUT2D eigenvalue weighted by atomic mass is 16.5. The number of ether oxygens (including phenoxy) is 1. The number of carbonyl (C=O) groups is 1. The molecule has 68 valence electrons. The van der Waals surface area contributed by atoms with Gasteiger partial charge in [-0.25, -0.2) is 0 Å². The van der Waals surface area contributed by atoms with E-state index in [2.05, 4.69) is 13.2 Å². The van der Waals surface area contributed by atoms with Crippen molar-refractivity contribution < 1.29 is 9.53 Å². The van der Waals surface area contributed by atoms with E-state index < -0.39 is 0 Å². The van der Waals surface area contributed by atoms with Crippen molar-refractivity contribution in [3.05, 3.63) is 24.8 Å². The van der Waals surface area contributed by atoms with Crippen molar-refractivity contribution in [2.45, 2.75) is 20.0 Å². The van der Waals surface area contributed by atoms with Crippen molar-refractivity contribution in [2.75, 3.05) is 6.61 Å². The van der Waals surface area contributed by atoms with E-state index >= 15 is 0 Å². The van der Waals surface area contributed by atoms with E-state index in [1.807, 2.05) is 6.92 Å². The second-order valence-electron chi connectivity index (χ2n) is 2.96. The monoisotopic (exact) mass is 168 g/mol. The largest absolute Gasteiger partial charge is 0.369 e. The first-order valence-corrected chi connectivity index (χ1v) is 3.95. The minimum Gasteiger partial charge on any atom is -0.369 e. The first-order chi connectivity index (χ1) is 5.61. The number of hydrogen-bond donors (Lipinski definition) is 0. The number of carbonyl (C=O) groups excluding carboxylic acids is 1. The summed E-state index contributed by atoms with van der Waals surface area (Å²) in [6.45, 7) is 11.5. The highest BCUT2D eigenvalue weighted by Gasteiger charge is 2.12. The summed E-state index contributed by atoms with van der Waals surface area (Å²) in [6.07, 6.45) is 2.31. The molecule has 2 atom stereocenters. The van der Waals surface area contributed by atoms with E-state index in [9.17, 15) is 4.79 Å². The highest BCUT2D eigenvalue weighted by Crippen LogP contribution is 2.07. The lowest BCUT2D eigenvalue weighted by atomic mass is 10.1. The second-order valence-corrected chi connectivity index (χ2v) is 2.96. The van der Waals surface area contributed by atoms with Crippen LogP contribution >= 0.6 is 0 Å². The molecule has 0 aromatic carbocycles. The minimum atomic E-state index is -0.195. The Balaban J connectivity index is 3.90. The molecular formula is C10H16O2. The third kappa shape index (κ3) is 4.09. The first-order valence-electron chi connectivity index (χ1n) is 3.95. The van der Waals surface area contributed by atoms with Crippen LogP contribution in [0.4, 0.5) is 0 Å². The van der Waals surface area contributed by atoms with Gasteiger partial charge >= 0.3 is 0 Å². The molecule has 2 heteroatoms. The van der Waals surface area contributed by atoms with Crippen molar-refractivity contribution in [3.8, 4) is 0 Å². The molecule has 0 aliphatic carbocycles. The molecule has 0 bridgehead atoms. The van der Waals surface area contributed by atoms with Crippen LogP contribution in [0, 0.1) is 5.92 Å². The van der Waals surface area contributed by atoms with E-state index in [4.69, 9.17) is 4.74 Å².